The summed E-state index contributed by atoms with van der Waals surface area (Å²) in [6, 6.07) is 15.7. The summed E-state index contributed by atoms with van der Waals surface area (Å²) >= 11 is 11.8. The summed E-state index contributed by atoms with van der Waals surface area (Å²) in [6.45, 7) is 0. The summed E-state index contributed by atoms with van der Waals surface area (Å²) in [5, 5.41) is 1.18. The molecule has 2 aromatic rings. The van der Waals surface area contributed by atoms with Crippen LogP contribution in [0, 0.1) is 0 Å². The Labute approximate surface area is 97.8 Å². The van der Waals surface area contributed by atoms with Crippen molar-refractivity contribution in [2.24, 2.45) is 0 Å². The van der Waals surface area contributed by atoms with E-state index in [0.29, 0.717) is 10.0 Å². The Balaban J connectivity index is 0.00000112. The van der Waals surface area contributed by atoms with E-state index in [1.54, 1.807) is 0 Å². The molecule has 2 rings (SSSR count). The van der Waals surface area contributed by atoms with Crippen molar-refractivity contribution in [3.8, 4) is 11.1 Å². The van der Waals surface area contributed by atoms with E-state index in [9.17, 15) is 0 Å². The third-order valence-corrected chi connectivity index (χ3v) is 2.77. The van der Waals surface area contributed by atoms with Crippen LogP contribution in [0.1, 0.15) is 0 Å². The fourth-order valence-corrected chi connectivity index (χ4v) is 1.60. The van der Waals surface area contributed by atoms with Crippen LogP contribution in [0.25, 0.3) is 11.1 Å². The Morgan fingerprint density at radius 2 is 1.33 bits per heavy atom. The van der Waals surface area contributed by atoms with Crippen molar-refractivity contribution in [3.05, 3.63) is 58.6 Å². The minimum absolute atomic E-state index is 0. The molecule has 3 heteroatoms. The molecule has 2 aromatic carbocycles. The van der Waals surface area contributed by atoms with Gasteiger partial charge in [-0.3, -0.25) is 4.70 Å². The van der Waals surface area contributed by atoms with Gasteiger partial charge >= 0.3 is 0 Å². The van der Waals surface area contributed by atoms with Gasteiger partial charge in [0.05, 0.1) is 10.0 Å². The summed E-state index contributed by atoms with van der Waals surface area (Å²) < 4.78 is 0. The van der Waals surface area contributed by atoms with Gasteiger partial charge in [-0.1, -0.05) is 59.6 Å². The third kappa shape index (κ3) is 2.71. The first-order valence-electron chi connectivity index (χ1n) is 4.28. The molecule has 0 radical (unpaired) electrons. The molecule has 0 heterocycles. The lowest BCUT2D eigenvalue weighted by molar-refractivity contribution is 1.11. The molecule has 0 aliphatic rings. The lowest BCUT2D eigenvalue weighted by Gasteiger charge is -2.02. The van der Waals surface area contributed by atoms with Crippen molar-refractivity contribution in [2.75, 3.05) is 0 Å². The topological polar surface area (TPSA) is 0 Å². The molecule has 0 fully saturated rings. The van der Waals surface area contributed by atoms with Gasteiger partial charge in [-0.15, -0.1) is 0 Å². The van der Waals surface area contributed by atoms with Gasteiger partial charge in [-0.05, 0) is 23.3 Å². The van der Waals surface area contributed by atoms with Gasteiger partial charge in [0.2, 0.25) is 0 Å². The molecule has 0 N–H and O–H groups in total. The van der Waals surface area contributed by atoms with E-state index in [0.717, 1.165) is 11.1 Å². The van der Waals surface area contributed by atoms with Crippen LogP contribution >= 0.6 is 23.2 Å². The molecular weight excluding hydrogens is 234 g/mol. The van der Waals surface area contributed by atoms with Crippen molar-refractivity contribution in [3.63, 3.8) is 0 Å². The van der Waals surface area contributed by atoms with Gasteiger partial charge in [0.15, 0.2) is 0 Å². The SMILES string of the molecule is Clc1ccc(-c2ccccc2)cc1Cl.F. The second-order valence-electron chi connectivity index (χ2n) is 2.99. The second kappa shape index (κ2) is 5.15. The summed E-state index contributed by atoms with van der Waals surface area (Å²) in [5.41, 5.74) is 2.23. The van der Waals surface area contributed by atoms with Crippen molar-refractivity contribution in [1.29, 1.82) is 0 Å². The van der Waals surface area contributed by atoms with Gasteiger partial charge in [0.25, 0.3) is 0 Å². The third-order valence-electron chi connectivity index (χ3n) is 2.03. The molecule has 0 aromatic heterocycles. The molecule has 0 unspecified atom stereocenters. The fraction of sp³-hybridized carbons (Fsp3) is 0. The van der Waals surface area contributed by atoms with Crippen LogP contribution in [0.5, 0.6) is 0 Å². The maximum atomic E-state index is 5.93. The van der Waals surface area contributed by atoms with E-state index in [1.165, 1.54) is 0 Å². The number of halogens is 3. The molecule has 0 aliphatic heterocycles. The minimum Gasteiger partial charge on any atom is -0.269 e. The largest absolute Gasteiger partial charge is 0.269 e. The molecule has 0 amide bonds. The fourth-order valence-electron chi connectivity index (χ4n) is 1.31. The number of rotatable bonds is 1. The first-order chi connectivity index (χ1) is 6.77. The van der Waals surface area contributed by atoms with Crippen molar-refractivity contribution >= 4 is 23.2 Å². The summed E-state index contributed by atoms with van der Waals surface area (Å²) in [7, 11) is 0. The Hall–Kier alpha value is -1.05. The van der Waals surface area contributed by atoms with Crippen LogP contribution in [0.4, 0.5) is 4.70 Å². The highest BCUT2D eigenvalue weighted by Gasteiger charge is 2.00. The van der Waals surface area contributed by atoms with Crippen LogP contribution in [0.2, 0.25) is 10.0 Å². The van der Waals surface area contributed by atoms with Crippen LogP contribution in [0.3, 0.4) is 0 Å². The molecule has 0 saturated carbocycles. The highest BCUT2D eigenvalue weighted by Crippen LogP contribution is 2.28. The van der Waals surface area contributed by atoms with Crippen LogP contribution in [-0.2, 0) is 0 Å². The zero-order chi connectivity index (χ0) is 9.97. The van der Waals surface area contributed by atoms with Gasteiger partial charge in [0, 0.05) is 0 Å². The number of hydrogen-bond donors (Lipinski definition) is 0. The summed E-state index contributed by atoms with van der Waals surface area (Å²) in [4.78, 5) is 0. The van der Waals surface area contributed by atoms with Crippen LogP contribution in [-0.4, -0.2) is 0 Å². The summed E-state index contributed by atoms with van der Waals surface area (Å²) in [5.74, 6) is 0. The van der Waals surface area contributed by atoms with E-state index >= 15 is 0 Å². The molecule has 78 valence electrons. The van der Waals surface area contributed by atoms with Gasteiger partial charge in [-0.25, -0.2) is 0 Å². The maximum Gasteiger partial charge on any atom is 0.0598 e. The highest BCUT2D eigenvalue weighted by atomic mass is 35.5. The Morgan fingerprint density at radius 1 is 0.667 bits per heavy atom. The second-order valence-corrected chi connectivity index (χ2v) is 3.81. The first-order valence-corrected chi connectivity index (χ1v) is 5.03. The lowest BCUT2D eigenvalue weighted by atomic mass is 10.1. The van der Waals surface area contributed by atoms with Gasteiger partial charge in [0.1, 0.15) is 0 Å². The zero-order valence-electron chi connectivity index (χ0n) is 7.78. The van der Waals surface area contributed by atoms with Gasteiger partial charge < -0.3 is 0 Å². The average Bonchev–Trinajstić information content (AvgIpc) is 2.23. The van der Waals surface area contributed by atoms with E-state index in [1.807, 2.05) is 48.5 Å². The summed E-state index contributed by atoms with van der Waals surface area (Å²) in [6.07, 6.45) is 0. The molecule has 0 atom stereocenters. The van der Waals surface area contributed by atoms with Crippen LogP contribution < -0.4 is 0 Å². The smallest absolute Gasteiger partial charge is 0.0598 e. The molecular formula is C12H9Cl2F. The van der Waals surface area contributed by atoms with E-state index in [2.05, 4.69) is 0 Å². The lowest BCUT2D eigenvalue weighted by Crippen LogP contribution is -1.77. The molecule has 0 nitrogen and oxygen atoms in total. The number of hydrogen-bond acceptors (Lipinski definition) is 0. The Morgan fingerprint density at radius 3 is 1.93 bits per heavy atom. The molecule has 0 bridgehead atoms. The molecule has 0 spiro atoms. The molecule has 15 heavy (non-hydrogen) atoms. The first kappa shape index (κ1) is 12.0. The molecule has 0 saturated heterocycles. The predicted molar refractivity (Wildman–Crippen MR) is 64.4 cm³/mol. The average molecular weight is 243 g/mol. The number of benzene rings is 2. The van der Waals surface area contributed by atoms with E-state index in [-0.39, 0.29) is 4.70 Å². The molecule has 0 aliphatic carbocycles. The van der Waals surface area contributed by atoms with Crippen molar-refractivity contribution in [1.82, 2.24) is 0 Å². The van der Waals surface area contributed by atoms with Crippen LogP contribution in [0.15, 0.2) is 48.5 Å². The predicted octanol–water partition coefficient (Wildman–Crippen LogP) is 4.81. The Kier molecular flexibility index (Phi) is 4.13. The van der Waals surface area contributed by atoms with E-state index < -0.39 is 0 Å². The normalized spacial score (nSPS) is 9.47. The van der Waals surface area contributed by atoms with Gasteiger partial charge in [-0.2, -0.15) is 0 Å². The minimum atomic E-state index is 0. The standard InChI is InChI=1S/C12H8Cl2.FH/c13-11-7-6-10(8-12(11)14)9-4-2-1-3-5-9;/h1-8H;1H. The highest BCUT2D eigenvalue weighted by molar-refractivity contribution is 6.42. The quantitative estimate of drug-likeness (QED) is 0.673. The van der Waals surface area contributed by atoms with Crippen molar-refractivity contribution < 1.29 is 4.70 Å². The Bertz CT molecular complexity index is 441. The maximum absolute atomic E-state index is 5.93. The zero-order valence-corrected chi connectivity index (χ0v) is 9.29. The van der Waals surface area contributed by atoms with E-state index in [4.69, 9.17) is 23.2 Å². The van der Waals surface area contributed by atoms with Crippen molar-refractivity contribution in [2.45, 2.75) is 0 Å². The monoisotopic (exact) mass is 242 g/mol.